The summed E-state index contributed by atoms with van der Waals surface area (Å²) in [5, 5.41) is 9.19. The molecule has 0 amide bonds. The highest BCUT2D eigenvalue weighted by atomic mass is 19.4. The number of nitrogens with zero attached hydrogens (tertiary/aromatic N) is 4. The Morgan fingerprint density at radius 1 is 0.960 bits per heavy atom. The molecule has 25 heavy (non-hydrogen) atoms. The summed E-state index contributed by atoms with van der Waals surface area (Å²) in [5.41, 5.74) is 1.45. The van der Waals surface area contributed by atoms with Crippen molar-refractivity contribution in [2.24, 2.45) is 0 Å². The molecular formula is C18H17F3N4. The Labute approximate surface area is 144 Å². The fourth-order valence-corrected chi connectivity index (χ4v) is 2.87. The molecule has 7 heteroatoms. The van der Waals surface area contributed by atoms with Crippen LogP contribution in [0.2, 0.25) is 0 Å². The topological polar surface area (TPSA) is 43.2 Å². The van der Waals surface area contributed by atoms with E-state index < -0.39 is 11.9 Å². The number of aromatic nitrogens is 1. The maximum absolute atomic E-state index is 12.9. The molecule has 1 aromatic heterocycles. The van der Waals surface area contributed by atoms with Gasteiger partial charge in [-0.1, -0.05) is 17.7 Å². The molecule has 0 unspecified atom stereocenters. The van der Waals surface area contributed by atoms with Gasteiger partial charge in [-0.25, -0.2) is 4.98 Å². The Bertz CT molecular complexity index is 785. The average Bonchev–Trinajstić information content (AvgIpc) is 2.61. The van der Waals surface area contributed by atoms with Crippen molar-refractivity contribution in [1.82, 2.24) is 4.98 Å². The number of nitriles is 1. The lowest BCUT2D eigenvalue weighted by molar-refractivity contribution is -0.141. The second kappa shape index (κ2) is 6.63. The van der Waals surface area contributed by atoms with Crippen LogP contribution in [0.3, 0.4) is 0 Å². The van der Waals surface area contributed by atoms with Gasteiger partial charge in [-0.05, 0) is 31.2 Å². The number of piperazine rings is 1. The van der Waals surface area contributed by atoms with Gasteiger partial charge in [0.15, 0.2) is 0 Å². The van der Waals surface area contributed by atoms with Crippen LogP contribution in [-0.2, 0) is 6.18 Å². The molecule has 1 aliphatic heterocycles. The lowest BCUT2D eigenvalue weighted by Gasteiger charge is -2.37. The molecule has 0 N–H and O–H groups in total. The Morgan fingerprint density at radius 2 is 1.56 bits per heavy atom. The number of hydrogen-bond donors (Lipinski definition) is 0. The molecule has 0 bridgehead atoms. The molecule has 4 nitrogen and oxygen atoms in total. The van der Waals surface area contributed by atoms with E-state index in [9.17, 15) is 18.4 Å². The van der Waals surface area contributed by atoms with E-state index >= 15 is 0 Å². The summed E-state index contributed by atoms with van der Waals surface area (Å²) in [6, 6.07) is 12.1. The standard InChI is InChI=1S/C18H17F3N4/c1-13-2-5-15(6-3-13)24-8-10-25(11-9-24)17-14(12-22)4-7-16(23-17)18(19,20)21/h2-7H,8-11H2,1H3. The number of benzene rings is 1. The molecule has 130 valence electrons. The van der Waals surface area contributed by atoms with Crippen molar-refractivity contribution >= 4 is 11.5 Å². The van der Waals surface area contributed by atoms with Crippen molar-refractivity contribution in [2.75, 3.05) is 36.0 Å². The molecule has 2 heterocycles. The van der Waals surface area contributed by atoms with Crippen LogP contribution < -0.4 is 9.80 Å². The highest BCUT2D eigenvalue weighted by Gasteiger charge is 2.34. The van der Waals surface area contributed by atoms with Gasteiger partial charge in [-0.15, -0.1) is 0 Å². The fraction of sp³-hybridized carbons (Fsp3) is 0.333. The van der Waals surface area contributed by atoms with E-state index in [-0.39, 0.29) is 11.4 Å². The van der Waals surface area contributed by atoms with Gasteiger partial charge < -0.3 is 9.80 Å². The number of anilines is 2. The quantitative estimate of drug-likeness (QED) is 0.833. The van der Waals surface area contributed by atoms with Gasteiger partial charge in [0.05, 0.1) is 5.56 Å². The van der Waals surface area contributed by atoms with Gasteiger partial charge in [0.25, 0.3) is 0 Å². The van der Waals surface area contributed by atoms with E-state index in [1.165, 1.54) is 11.6 Å². The van der Waals surface area contributed by atoms with E-state index in [0.717, 1.165) is 11.8 Å². The molecule has 1 aliphatic rings. The third-order valence-corrected chi connectivity index (χ3v) is 4.26. The lowest BCUT2D eigenvalue weighted by atomic mass is 10.2. The molecule has 1 fully saturated rings. The van der Waals surface area contributed by atoms with Crippen molar-refractivity contribution in [3.63, 3.8) is 0 Å². The number of hydrogen-bond acceptors (Lipinski definition) is 4. The molecule has 0 atom stereocenters. The Kier molecular flexibility index (Phi) is 4.53. The Hall–Kier alpha value is -2.75. The molecule has 1 aromatic carbocycles. The van der Waals surface area contributed by atoms with E-state index in [0.29, 0.717) is 26.2 Å². The van der Waals surface area contributed by atoms with Gasteiger partial charge in [0, 0.05) is 31.9 Å². The zero-order chi connectivity index (χ0) is 18.0. The van der Waals surface area contributed by atoms with E-state index in [1.807, 2.05) is 37.3 Å². The summed E-state index contributed by atoms with van der Waals surface area (Å²) >= 11 is 0. The number of rotatable bonds is 2. The summed E-state index contributed by atoms with van der Waals surface area (Å²) in [6.07, 6.45) is -4.52. The van der Waals surface area contributed by atoms with Crippen LogP contribution in [0.1, 0.15) is 16.8 Å². The summed E-state index contributed by atoms with van der Waals surface area (Å²) in [4.78, 5) is 7.63. The summed E-state index contributed by atoms with van der Waals surface area (Å²) in [5.74, 6) is 0.112. The van der Waals surface area contributed by atoms with E-state index in [4.69, 9.17) is 0 Å². The molecule has 0 saturated carbocycles. The molecule has 0 spiro atoms. The molecule has 0 radical (unpaired) electrons. The minimum atomic E-state index is -4.52. The van der Waals surface area contributed by atoms with Crippen LogP contribution in [0, 0.1) is 18.3 Å². The number of halogens is 3. The van der Waals surface area contributed by atoms with Crippen LogP contribution >= 0.6 is 0 Å². The SMILES string of the molecule is Cc1ccc(N2CCN(c3nc(C(F)(F)F)ccc3C#N)CC2)cc1. The largest absolute Gasteiger partial charge is 0.433 e. The first-order chi connectivity index (χ1) is 11.9. The molecule has 3 rings (SSSR count). The van der Waals surface area contributed by atoms with Gasteiger partial charge >= 0.3 is 6.18 Å². The van der Waals surface area contributed by atoms with Gasteiger partial charge in [-0.2, -0.15) is 18.4 Å². The van der Waals surface area contributed by atoms with Crippen LogP contribution in [-0.4, -0.2) is 31.2 Å². The highest BCUT2D eigenvalue weighted by molar-refractivity contribution is 5.56. The smallest absolute Gasteiger partial charge is 0.368 e. The van der Waals surface area contributed by atoms with Crippen LogP contribution in [0.5, 0.6) is 0 Å². The maximum atomic E-state index is 12.9. The predicted molar refractivity (Wildman–Crippen MR) is 89.6 cm³/mol. The summed E-state index contributed by atoms with van der Waals surface area (Å²) in [6.45, 7) is 4.36. The second-order valence-corrected chi connectivity index (χ2v) is 5.99. The Morgan fingerprint density at radius 3 is 2.12 bits per heavy atom. The minimum absolute atomic E-state index is 0.112. The van der Waals surface area contributed by atoms with Gasteiger partial charge in [0.1, 0.15) is 17.6 Å². The van der Waals surface area contributed by atoms with Crippen LogP contribution in [0.4, 0.5) is 24.7 Å². The zero-order valence-corrected chi connectivity index (χ0v) is 13.7. The minimum Gasteiger partial charge on any atom is -0.368 e. The first-order valence-corrected chi connectivity index (χ1v) is 7.93. The molecular weight excluding hydrogens is 329 g/mol. The summed E-state index contributed by atoms with van der Waals surface area (Å²) < 4.78 is 38.7. The monoisotopic (exact) mass is 346 g/mol. The van der Waals surface area contributed by atoms with Crippen LogP contribution in [0.15, 0.2) is 36.4 Å². The third kappa shape index (κ3) is 3.68. The summed E-state index contributed by atoms with van der Waals surface area (Å²) in [7, 11) is 0. The number of pyridine rings is 1. The van der Waals surface area contributed by atoms with Crippen LogP contribution in [0.25, 0.3) is 0 Å². The highest BCUT2D eigenvalue weighted by Crippen LogP contribution is 2.31. The first kappa shape index (κ1) is 17.1. The molecule has 2 aromatic rings. The zero-order valence-electron chi connectivity index (χ0n) is 13.7. The second-order valence-electron chi connectivity index (χ2n) is 5.99. The lowest BCUT2D eigenvalue weighted by Crippen LogP contribution is -2.47. The normalized spacial score (nSPS) is 15.2. The first-order valence-electron chi connectivity index (χ1n) is 7.93. The van der Waals surface area contributed by atoms with Crippen molar-refractivity contribution in [1.29, 1.82) is 5.26 Å². The molecule has 1 saturated heterocycles. The van der Waals surface area contributed by atoms with E-state index in [1.54, 1.807) is 4.90 Å². The maximum Gasteiger partial charge on any atom is 0.433 e. The van der Waals surface area contributed by atoms with Gasteiger partial charge in [-0.3, -0.25) is 0 Å². The fourth-order valence-electron chi connectivity index (χ4n) is 2.87. The Balaban J connectivity index is 1.78. The average molecular weight is 346 g/mol. The molecule has 0 aliphatic carbocycles. The predicted octanol–water partition coefficient (Wildman–Crippen LogP) is 3.61. The number of aryl methyl sites for hydroxylation is 1. The van der Waals surface area contributed by atoms with Crippen molar-refractivity contribution < 1.29 is 13.2 Å². The number of alkyl halides is 3. The van der Waals surface area contributed by atoms with E-state index in [2.05, 4.69) is 9.88 Å². The van der Waals surface area contributed by atoms with Gasteiger partial charge in [0.2, 0.25) is 0 Å². The third-order valence-electron chi connectivity index (χ3n) is 4.26. The van der Waals surface area contributed by atoms with Crippen molar-refractivity contribution in [2.45, 2.75) is 13.1 Å². The van der Waals surface area contributed by atoms with Crippen molar-refractivity contribution in [3.8, 4) is 6.07 Å². The van der Waals surface area contributed by atoms with Crippen molar-refractivity contribution in [3.05, 3.63) is 53.2 Å².